The number of hydrogen-bond donors (Lipinski definition) is 0. The van der Waals surface area contributed by atoms with Crippen LogP contribution in [0.4, 0.5) is 0 Å². The van der Waals surface area contributed by atoms with Gasteiger partial charge < -0.3 is 9.47 Å². The molecule has 0 N–H and O–H groups in total. The van der Waals surface area contributed by atoms with Crippen molar-refractivity contribution in [1.82, 2.24) is 24.6 Å². The van der Waals surface area contributed by atoms with E-state index in [1.807, 2.05) is 34.5 Å². The van der Waals surface area contributed by atoms with Gasteiger partial charge in [-0.3, -0.25) is 9.69 Å². The van der Waals surface area contributed by atoms with Crippen LogP contribution in [0.25, 0.3) is 10.7 Å². The van der Waals surface area contributed by atoms with Gasteiger partial charge in [-0.05, 0) is 36.1 Å². The molecule has 1 saturated heterocycles. The zero-order valence-corrected chi connectivity index (χ0v) is 19.2. The Kier molecular flexibility index (Phi) is 7.09. The smallest absolute Gasteiger partial charge is 0.233 e. The van der Waals surface area contributed by atoms with Crippen LogP contribution in [0.1, 0.15) is 12.5 Å². The second-order valence-corrected chi connectivity index (χ2v) is 9.43. The highest BCUT2D eigenvalue weighted by atomic mass is 35.5. The first-order chi connectivity index (χ1) is 14.6. The minimum atomic E-state index is 0.162. The van der Waals surface area contributed by atoms with Gasteiger partial charge in [0.05, 0.1) is 10.6 Å². The highest BCUT2D eigenvalue weighted by Gasteiger charge is 2.22. The molecule has 4 rings (SSSR count). The fourth-order valence-electron chi connectivity index (χ4n) is 3.49. The average molecular weight is 462 g/mol. The largest absolute Gasteiger partial charge is 0.339 e. The fraction of sp³-hybridized carbons (Fsp3) is 0.381. The van der Waals surface area contributed by atoms with Crippen molar-refractivity contribution in [3.63, 3.8) is 0 Å². The van der Waals surface area contributed by atoms with E-state index >= 15 is 0 Å². The Morgan fingerprint density at radius 1 is 1.13 bits per heavy atom. The molecule has 1 aliphatic heterocycles. The van der Waals surface area contributed by atoms with Crippen molar-refractivity contribution in [3.8, 4) is 10.7 Å². The van der Waals surface area contributed by atoms with Crippen LogP contribution in [-0.2, 0) is 17.9 Å². The molecule has 1 aliphatic rings. The van der Waals surface area contributed by atoms with E-state index in [1.165, 1.54) is 17.3 Å². The molecule has 0 spiro atoms. The van der Waals surface area contributed by atoms with Crippen LogP contribution < -0.4 is 0 Å². The summed E-state index contributed by atoms with van der Waals surface area (Å²) in [5.41, 5.74) is 1.25. The lowest BCUT2D eigenvalue weighted by Crippen LogP contribution is -2.48. The molecule has 3 aromatic rings. The lowest BCUT2D eigenvalue weighted by molar-refractivity contribution is -0.130. The van der Waals surface area contributed by atoms with Crippen molar-refractivity contribution >= 4 is 40.6 Å². The van der Waals surface area contributed by atoms with Gasteiger partial charge >= 0.3 is 0 Å². The summed E-state index contributed by atoms with van der Waals surface area (Å²) in [4.78, 5) is 18.2. The third kappa shape index (κ3) is 5.06. The van der Waals surface area contributed by atoms with Crippen LogP contribution in [0, 0.1) is 0 Å². The zero-order valence-electron chi connectivity index (χ0n) is 16.8. The Hall–Kier alpha value is -1.87. The third-order valence-corrected chi connectivity index (χ3v) is 7.21. The van der Waals surface area contributed by atoms with Crippen LogP contribution in [0.2, 0.25) is 5.02 Å². The van der Waals surface area contributed by atoms with Crippen molar-refractivity contribution in [2.45, 2.75) is 25.2 Å². The number of amides is 1. The molecule has 158 valence electrons. The number of carbonyl (C=O) groups is 1. The topological polar surface area (TPSA) is 54.3 Å². The van der Waals surface area contributed by atoms with E-state index in [0.717, 1.165) is 60.1 Å². The van der Waals surface area contributed by atoms with Gasteiger partial charge in [-0.15, -0.1) is 21.5 Å². The normalized spacial score (nSPS) is 14.9. The maximum absolute atomic E-state index is 12.7. The molecule has 0 aliphatic carbocycles. The van der Waals surface area contributed by atoms with Gasteiger partial charge in [0.1, 0.15) is 0 Å². The summed E-state index contributed by atoms with van der Waals surface area (Å²) < 4.78 is 2.08. The van der Waals surface area contributed by atoms with Gasteiger partial charge in [0.15, 0.2) is 11.0 Å². The summed E-state index contributed by atoms with van der Waals surface area (Å²) in [6.07, 6.45) is 0. The van der Waals surface area contributed by atoms with E-state index in [9.17, 15) is 4.79 Å². The molecule has 0 bridgehead atoms. The highest BCUT2D eigenvalue weighted by molar-refractivity contribution is 7.99. The van der Waals surface area contributed by atoms with E-state index in [1.54, 1.807) is 11.3 Å². The Morgan fingerprint density at radius 2 is 1.90 bits per heavy atom. The number of aromatic nitrogens is 3. The number of benzene rings is 1. The van der Waals surface area contributed by atoms with Gasteiger partial charge in [0, 0.05) is 44.3 Å². The number of halogens is 1. The number of piperazine rings is 1. The van der Waals surface area contributed by atoms with Gasteiger partial charge in [0.2, 0.25) is 5.91 Å². The molecule has 0 atom stereocenters. The molecule has 1 fully saturated rings. The maximum atomic E-state index is 12.7. The molecule has 2 aromatic heterocycles. The molecule has 3 heterocycles. The minimum absolute atomic E-state index is 0.162. The average Bonchev–Trinajstić information content (AvgIpc) is 3.43. The SMILES string of the molecule is CCn1c(SCC(=O)N2CCN(Cc3ccc(Cl)cc3)CC2)nnc1-c1cccs1. The third-order valence-electron chi connectivity index (χ3n) is 5.14. The Bertz CT molecular complexity index is 966. The van der Waals surface area contributed by atoms with Crippen molar-refractivity contribution in [3.05, 3.63) is 52.4 Å². The van der Waals surface area contributed by atoms with Crippen LogP contribution in [0.3, 0.4) is 0 Å². The van der Waals surface area contributed by atoms with Crippen LogP contribution >= 0.6 is 34.7 Å². The standard InChI is InChI=1S/C21H24ClN5OS2/c1-2-27-20(18-4-3-13-29-18)23-24-21(27)30-15-19(28)26-11-9-25(10-12-26)14-16-5-7-17(22)8-6-16/h3-8,13H,2,9-12,14-15H2,1H3. The molecule has 6 nitrogen and oxygen atoms in total. The van der Waals surface area contributed by atoms with Crippen LogP contribution in [0.5, 0.6) is 0 Å². The molecule has 0 radical (unpaired) electrons. The van der Waals surface area contributed by atoms with E-state index in [4.69, 9.17) is 11.6 Å². The van der Waals surface area contributed by atoms with E-state index in [2.05, 4.69) is 38.7 Å². The second kappa shape index (κ2) is 9.96. The Labute approximate surface area is 189 Å². The first-order valence-electron chi connectivity index (χ1n) is 9.98. The minimum Gasteiger partial charge on any atom is -0.339 e. The van der Waals surface area contributed by atoms with Crippen LogP contribution in [0.15, 0.2) is 46.9 Å². The Morgan fingerprint density at radius 3 is 2.57 bits per heavy atom. The molecule has 0 saturated carbocycles. The number of nitrogens with zero attached hydrogens (tertiary/aromatic N) is 5. The Balaban J connectivity index is 1.28. The number of carbonyl (C=O) groups excluding carboxylic acids is 1. The van der Waals surface area contributed by atoms with Gasteiger partial charge in [-0.2, -0.15) is 0 Å². The zero-order chi connectivity index (χ0) is 20.9. The molecule has 1 amide bonds. The molecule has 9 heteroatoms. The summed E-state index contributed by atoms with van der Waals surface area (Å²) in [6.45, 7) is 7.02. The van der Waals surface area contributed by atoms with E-state index < -0.39 is 0 Å². The monoisotopic (exact) mass is 461 g/mol. The predicted octanol–water partition coefficient (Wildman–Crippen LogP) is 4.12. The summed E-state index contributed by atoms with van der Waals surface area (Å²) in [7, 11) is 0. The number of hydrogen-bond acceptors (Lipinski definition) is 6. The molecular formula is C21H24ClN5OS2. The first-order valence-corrected chi connectivity index (χ1v) is 12.2. The molecule has 1 aromatic carbocycles. The molecule has 30 heavy (non-hydrogen) atoms. The van der Waals surface area contributed by atoms with Crippen molar-refractivity contribution in [2.24, 2.45) is 0 Å². The lowest BCUT2D eigenvalue weighted by Gasteiger charge is -2.34. The first kappa shape index (κ1) is 21.4. The molecular weight excluding hydrogens is 438 g/mol. The highest BCUT2D eigenvalue weighted by Crippen LogP contribution is 2.27. The second-order valence-electron chi connectivity index (χ2n) is 7.10. The quantitative estimate of drug-likeness (QED) is 0.495. The van der Waals surface area contributed by atoms with Gasteiger partial charge in [0.25, 0.3) is 0 Å². The van der Waals surface area contributed by atoms with Gasteiger partial charge in [-0.25, -0.2) is 0 Å². The lowest BCUT2D eigenvalue weighted by atomic mass is 10.2. The van der Waals surface area contributed by atoms with Crippen LogP contribution in [-0.4, -0.2) is 62.4 Å². The van der Waals surface area contributed by atoms with Crippen molar-refractivity contribution < 1.29 is 4.79 Å². The summed E-state index contributed by atoms with van der Waals surface area (Å²) >= 11 is 9.08. The summed E-state index contributed by atoms with van der Waals surface area (Å²) in [5.74, 6) is 1.42. The number of rotatable bonds is 7. The number of thiophene rings is 1. The summed E-state index contributed by atoms with van der Waals surface area (Å²) in [5, 5.41) is 12.3. The van der Waals surface area contributed by atoms with Crippen molar-refractivity contribution in [2.75, 3.05) is 31.9 Å². The predicted molar refractivity (Wildman–Crippen MR) is 123 cm³/mol. The maximum Gasteiger partial charge on any atom is 0.233 e. The fourth-order valence-corrected chi connectivity index (χ4v) is 5.24. The van der Waals surface area contributed by atoms with Gasteiger partial charge in [-0.1, -0.05) is 41.6 Å². The molecule has 0 unspecified atom stereocenters. The summed E-state index contributed by atoms with van der Waals surface area (Å²) in [6, 6.07) is 12.0. The van der Waals surface area contributed by atoms with E-state index in [-0.39, 0.29) is 5.91 Å². The van der Waals surface area contributed by atoms with Crippen molar-refractivity contribution in [1.29, 1.82) is 0 Å². The number of thioether (sulfide) groups is 1. The van der Waals surface area contributed by atoms with E-state index in [0.29, 0.717) is 5.75 Å².